The molecule has 2 N–H and O–H groups in total. The fourth-order valence-electron chi connectivity index (χ4n) is 1.95. The van der Waals surface area contributed by atoms with E-state index in [0.29, 0.717) is 19.6 Å². The number of aliphatic carboxylic acids is 1. The summed E-state index contributed by atoms with van der Waals surface area (Å²) < 4.78 is 10.4. The molecular formula is C19H27NO6S. The normalized spacial score (nSPS) is 11.1. The Balaban J connectivity index is 2.15. The van der Waals surface area contributed by atoms with Crippen LogP contribution in [0.2, 0.25) is 0 Å². The maximum absolute atomic E-state index is 11.9. The third kappa shape index (κ3) is 12.0. The molecule has 0 aromatic heterocycles. The Kier molecular flexibility index (Phi) is 9.88. The van der Waals surface area contributed by atoms with Gasteiger partial charge in [0.1, 0.15) is 5.60 Å². The molecule has 0 aliphatic rings. The van der Waals surface area contributed by atoms with E-state index < -0.39 is 17.7 Å². The minimum atomic E-state index is -0.829. The van der Waals surface area contributed by atoms with E-state index in [1.807, 2.05) is 24.3 Å². The minimum Gasteiger partial charge on any atom is -0.481 e. The van der Waals surface area contributed by atoms with Crippen LogP contribution in [0.15, 0.2) is 29.2 Å². The van der Waals surface area contributed by atoms with Crippen molar-refractivity contribution in [2.45, 2.75) is 50.5 Å². The summed E-state index contributed by atoms with van der Waals surface area (Å²) in [5.74, 6) is -0.829. The van der Waals surface area contributed by atoms with Crippen molar-refractivity contribution in [2.75, 3.05) is 19.8 Å². The van der Waals surface area contributed by atoms with Crippen molar-refractivity contribution in [1.29, 1.82) is 0 Å². The van der Waals surface area contributed by atoms with E-state index in [2.05, 4.69) is 5.32 Å². The van der Waals surface area contributed by atoms with Gasteiger partial charge in [-0.3, -0.25) is 9.59 Å². The highest BCUT2D eigenvalue weighted by Gasteiger charge is 2.15. The van der Waals surface area contributed by atoms with Crippen molar-refractivity contribution in [3.63, 3.8) is 0 Å². The maximum Gasteiger partial charge on any atom is 0.407 e. The predicted octanol–water partition coefficient (Wildman–Crippen LogP) is 3.25. The Hall–Kier alpha value is -2.06. The molecule has 0 aliphatic heterocycles. The van der Waals surface area contributed by atoms with Gasteiger partial charge in [-0.05, 0) is 44.9 Å². The first kappa shape index (κ1) is 23.0. The minimum absolute atomic E-state index is 0.0200. The van der Waals surface area contributed by atoms with Crippen LogP contribution in [0.4, 0.5) is 4.79 Å². The van der Waals surface area contributed by atoms with Gasteiger partial charge in [0.2, 0.25) is 0 Å². The number of carboxylic acid groups (broad SMARTS) is 1. The summed E-state index contributed by atoms with van der Waals surface area (Å²) in [7, 11) is 0. The van der Waals surface area contributed by atoms with Crippen LogP contribution in [0.5, 0.6) is 0 Å². The quantitative estimate of drug-likeness (QED) is 0.461. The van der Waals surface area contributed by atoms with Gasteiger partial charge in [-0.2, -0.15) is 0 Å². The molecule has 1 aromatic carbocycles. The van der Waals surface area contributed by atoms with Gasteiger partial charge in [-0.15, -0.1) is 0 Å². The smallest absolute Gasteiger partial charge is 0.407 e. The summed E-state index contributed by atoms with van der Waals surface area (Å²) in [5, 5.41) is 11.2. The van der Waals surface area contributed by atoms with Crippen LogP contribution in [0.3, 0.4) is 0 Å². The molecule has 27 heavy (non-hydrogen) atoms. The van der Waals surface area contributed by atoms with Crippen molar-refractivity contribution in [2.24, 2.45) is 0 Å². The lowest BCUT2D eigenvalue weighted by Gasteiger charge is -2.19. The third-order valence-electron chi connectivity index (χ3n) is 3.15. The van der Waals surface area contributed by atoms with E-state index in [1.165, 1.54) is 0 Å². The molecule has 0 spiro atoms. The van der Waals surface area contributed by atoms with E-state index in [0.717, 1.165) is 22.2 Å². The molecule has 0 fully saturated rings. The van der Waals surface area contributed by atoms with Crippen molar-refractivity contribution in [3.8, 4) is 0 Å². The standard InChI is InChI=1S/C19H27NO6S/c1-19(2,3)26-18(24)20-11-13-25-12-10-17(23)27-15-7-4-14(5-8-15)6-9-16(21)22/h4-5,7-8H,6,9-13H2,1-3H3,(H,20,24)(H,21,22). The molecule has 1 rings (SSSR count). The molecule has 0 atom stereocenters. The second kappa shape index (κ2) is 11.6. The number of nitrogens with one attached hydrogen (secondary N) is 1. The number of benzene rings is 1. The van der Waals surface area contributed by atoms with Crippen LogP contribution in [-0.2, 0) is 25.5 Å². The van der Waals surface area contributed by atoms with Crippen molar-refractivity contribution >= 4 is 28.9 Å². The molecule has 0 heterocycles. The van der Waals surface area contributed by atoms with Gasteiger partial charge in [0.05, 0.1) is 13.2 Å². The molecule has 0 saturated carbocycles. The van der Waals surface area contributed by atoms with Gasteiger partial charge >= 0.3 is 12.1 Å². The SMILES string of the molecule is CC(C)(C)OC(=O)NCCOCCC(=O)Sc1ccc(CCC(=O)O)cc1. The highest BCUT2D eigenvalue weighted by atomic mass is 32.2. The lowest BCUT2D eigenvalue weighted by molar-refractivity contribution is -0.137. The van der Waals surface area contributed by atoms with Gasteiger partial charge in [0.25, 0.3) is 0 Å². The molecule has 150 valence electrons. The largest absolute Gasteiger partial charge is 0.481 e. The monoisotopic (exact) mass is 397 g/mol. The van der Waals surface area contributed by atoms with E-state index in [1.54, 1.807) is 20.8 Å². The fourth-order valence-corrected chi connectivity index (χ4v) is 2.68. The van der Waals surface area contributed by atoms with Crippen LogP contribution in [-0.4, -0.2) is 47.6 Å². The lowest BCUT2D eigenvalue weighted by atomic mass is 10.1. The molecule has 0 bridgehead atoms. The second-order valence-corrected chi connectivity index (χ2v) is 7.93. The van der Waals surface area contributed by atoms with Crippen molar-refractivity contribution < 1.29 is 29.0 Å². The van der Waals surface area contributed by atoms with Crippen LogP contribution in [0.1, 0.15) is 39.2 Å². The van der Waals surface area contributed by atoms with Gasteiger partial charge in [-0.25, -0.2) is 4.79 Å². The maximum atomic E-state index is 11.9. The molecule has 7 nitrogen and oxygen atoms in total. The zero-order chi connectivity index (χ0) is 20.3. The first-order valence-corrected chi connectivity index (χ1v) is 9.53. The number of alkyl carbamates (subject to hydrolysis) is 1. The van der Waals surface area contributed by atoms with Crippen molar-refractivity contribution in [1.82, 2.24) is 5.32 Å². The van der Waals surface area contributed by atoms with E-state index in [-0.39, 0.29) is 24.6 Å². The molecular weight excluding hydrogens is 370 g/mol. The van der Waals surface area contributed by atoms with Gasteiger partial charge in [0, 0.05) is 24.3 Å². The predicted molar refractivity (Wildman–Crippen MR) is 103 cm³/mol. The highest BCUT2D eigenvalue weighted by Crippen LogP contribution is 2.21. The van der Waals surface area contributed by atoms with Crippen molar-refractivity contribution in [3.05, 3.63) is 29.8 Å². The topological polar surface area (TPSA) is 102 Å². The summed E-state index contributed by atoms with van der Waals surface area (Å²) in [6.45, 7) is 6.25. The number of carboxylic acids is 1. The number of hydrogen-bond donors (Lipinski definition) is 2. The first-order chi connectivity index (χ1) is 12.7. The summed E-state index contributed by atoms with van der Waals surface area (Å²) in [4.78, 5) is 34.7. The number of carbonyl (C=O) groups excluding carboxylic acids is 2. The molecule has 1 amide bonds. The highest BCUT2D eigenvalue weighted by molar-refractivity contribution is 8.13. The number of amides is 1. The number of hydrogen-bond acceptors (Lipinski definition) is 6. The number of aryl methyl sites for hydroxylation is 1. The summed E-state index contributed by atoms with van der Waals surface area (Å²) in [5.41, 5.74) is 0.387. The van der Waals surface area contributed by atoms with E-state index in [4.69, 9.17) is 14.6 Å². The van der Waals surface area contributed by atoms with E-state index in [9.17, 15) is 14.4 Å². The first-order valence-electron chi connectivity index (χ1n) is 8.72. The Bertz CT molecular complexity index is 624. The van der Waals surface area contributed by atoms with E-state index >= 15 is 0 Å². The van der Waals surface area contributed by atoms with Gasteiger partial charge in [-0.1, -0.05) is 23.9 Å². The summed E-state index contributed by atoms with van der Waals surface area (Å²) in [6.07, 6.45) is 0.326. The zero-order valence-corrected chi connectivity index (χ0v) is 16.8. The second-order valence-electron chi connectivity index (χ2n) is 6.80. The molecule has 0 saturated heterocycles. The number of thioether (sulfide) groups is 1. The third-order valence-corrected chi connectivity index (χ3v) is 4.09. The summed E-state index contributed by atoms with van der Waals surface area (Å²) >= 11 is 1.13. The number of ether oxygens (including phenoxy) is 2. The zero-order valence-electron chi connectivity index (χ0n) is 15.9. The van der Waals surface area contributed by atoms with Crippen LogP contribution >= 0.6 is 11.8 Å². The van der Waals surface area contributed by atoms with Crippen LogP contribution in [0.25, 0.3) is 0 Å². The molecule has 1 aromatic rings. The Morgan fingerprint density at radius 1 is 1.07 bits per heavy atom. The number of rotatable bonds is 10. The Morgan fingerprint density at radius 3 is 2.33 bits per heavy atom. The van der Waals surface area contributed by atoms with Crippen LogP contribution in [0, 0.1) is 0 Å². The average molecular weight is 397 g/mol. The molecule has 0 unspecified atom stereocenters. The van der Waals surface area contributed by atoms with Crippen LogP contribution < -0.4 is 5.32 Å². The number of carbonyl (C=O) groups is 3. The molecule has 0 radical (unpaired) electrons. The molecule has 8 heteroatoms. The Labute approximate surface area is 163 Å². The fraction of sp³-hybridized carbons (Fsp3) is 0.526. The average Bonchev–Trinajstić information content (AvgIpc) is 2.55. The molecule has 0 aliphatic carbocycles. The lowest BCUT2D eigenvalue weighted by Crippen LogP contribution is -2.34. The van der Waals surface area contributed by atoms with Gasteiger partial charge < -0.3 is 19.9 Å². The Morgan fingerprint density at radius 2 is 1.74 bits per heavy atom. The van der Waals surface area contributed by atoms with Gasteiger partial charge in [0.15, 0.2) is 5.12 Å². The summed E-state index contributed by atoms with van der Waals surface area (Å²) in [6, 6.07) is 7.28.